The minimum absolute atomic E-state index is 0.253. The van der Waals surface area contributed by atoms with E-state index in [1.165, 1.54) is 3.97 Å². The molecule has 160 valence electrons. The van der Waals surface area contributed by atoms with Crippen molar-refractivity contribution in [1.82, 2.24) is 24.1 Å². The fourth-order valence-electron chi connectivity index (χ4n) is 3.71. The summed E-state index contributed by atoms with van der Waals surface area (Å²) in [4.78, 5) is 9.40. The van der Waals surface area contributed by atoms with Crippen LogP contribution in [0, 0.1) is 0 Å². The van der Waals surface area contributed by atoms with Crippen LogP contribution >= 0.6 is 15.9 Å². The van der Waals surface area contributed by atoms with Gasteiger partial charge < -0.3 is 10.2 Å². The van der Waals surface area contributed by atoms with E-state index in [9.17, 15) is 8.42 Å². The molecular weight excluding hydrogens is 466 g/mol. The topological polar surface area (TPSA) is 70.5 Å². The molecular formula is C21H26BrN5O2S. The Morgan fingerprint density at radius 3 is 2.57 bits per heavy atom. The van der Waals surface area contributed by atoms with Crippen LogP contribution in [0.25, 0.3) is 11.0 Å². The number of rotatable bonds is 7. The molecule has 9 heteroatoms. The van der Waals surface area contributed by atoms with E-state index in [1.54, 1.807) is 30.5 Å². The Bertz CT molecular complexity index is 1110. The predicted octanol–water partition coefficient (Wildman–Crippen LogP) is 2.37. The molecule has 0 amide bonds. The second-order valence-corrected chi connectivity index (χ2v) is 10.2. The number of aromatic nitrogens is 2. The Labute approximate surface area is 185 Å². The van der Waals surface area contributed by atoms with Gasteiger partial charge in [-0.3, -0.25) is 4.90 Å². The Morgan fingerprint density at radius 1 is 1.10 bits per heavy atom. The van der Waals surface area contributed by atoms with Gasteiger partial charge in [0.05, 0.1) is 10.6 Å². The van der Waals surface area contributed by atoms with Crippen LogP contribution in [0.4, 0.5) is 0 Å². The van der Waals surface area contributed by atoms with Gasteiger partial charge >= 0.3 is 0 Å². The molecule has 3 aromatic rings. The molecule has 0 aliphatic carbocycles. The van der Waals surface area contributed by atoms with Gasteiger partial charge in [0.15, 0.2) is 5.65 Å². The zero-order chi connectivity index (χ0) is 21.1. The molecule has 0 unspecified atom stereocenters. The first-order chi connectivity index (χ1) is 14.5. The lowest BCUT2D eigenvalue weighted by molar-refractivity contribution is 0.154. The molecule has 1 aromatic carbocycles. The van der Waals surface area contributed by atoms with Gasteiger partial charge in [0.2, 0.25) is 0 Å². The quantitative estimate of drug-likeness (QED) is 0.511. The highest BCUT2D eigenvalue weighted by Crippen LogP contribution is 2.29. The molecule has 1 aliphatic rings. The minimum Gasteiger partial charge on any atom is -0.310 e. The van der Waals surface area contributed by atoms with Crippen LogP contribution in [0.2, 0.25) is 0 Å². The number of piperazine rings is 1. The third kappa shape index (κ3) is 4.45. The Morgan fingerprint density at radius 2 is 1.83 bits per heavy atom. The maximum absolute atomic E-state index is 13.4. The van der Waals surface area contributed by atoms with Crippen molar-refractivity contribution in [2.45, 2.75) is 11.4 Å². The zero-order valence-corrected chi connectivity index (χ0v) is 19.4. The maximum Gasteiger partial charge on any atom is 0.269 e. The molecule has 1 N–H and O–H groups in total. The summed E-state index contributed by atoms with van der Waals surface area (Å²) < 4.78 is 29.0. The van der Waals surface area contributed by atoms with Gasteiger partial charge in [0.25, 0.3) is 10.0 Å². The van der Waals surface area contributed by atoms with Crippen molar-refractivity contribution in [3.05, 3.63) is 58.8 Å². The second-order valence-electron chi connectivity index (χ2n) is 7.57. The molecule has 1 aliphatic heterocycles. The minimum atomic E-state index is -3.76. The number of halogens is 1. The van der Waals surface area contributed by atoms with Crippen LogP contribution in [0.5, 0.6) is 0 Å². The number of benzene rings is 1. The number of hydrogen-bond acceptors (Lipinski definition) is 6. The molecule has 0 radical (unpaired) electrons. The molecule has 2 aromatic heterocycles. The number of hydrogen-bond donors (Lipinski definition) is 1. The number of fused-ring (bicyclic) bond motifs is 1. The van der Waals surface area contributed by atoms with E-state index in [4.69, 9.17) is 0 Å². The smallest absolute Gasteiger partial charge is 0.269 e. The fourth-order valence-corrected chi connectivity index (χ4v) is 5.63. The lowest BCUT2D eigenvalue weighted by Crippen LogP contribution is -2.46. The summed E-state index contributed by atoms with van der Waals surface area (Å²) in [5, 5.41) is 4.21. The van der Waals surface area contributed by atoms with E-state index in [0.29, 0.717) is 17.9 Å². The molecule has 0 spiro atoms. The molecule has 30 heavy (non-hydrogen) atoms. The van der Waals surface area contributed by atoms with Crippen molar-refractivity contribution < 1.29 is 8.42 Å². The van der Waals surface area contributed by atoms with Crippen molar-refractivity contribution in [1.29, 1.82) is 0 Å². The second kappa shape index (κ2) is 9.15. The highest BCUT2D eigenvalue weighted by molar-refractivity contribution is 9.10. The Balaban J connectivity index is 1.57. The first-order valence-electron chi connectivity index (χ1n) is 10.0. The average Bonchev–Trinajstić information content (AvgIpc) is 3.14. The fraction of sp³-hybridized carbons (Fsp3) is 0.381. The van der Waals surface area contributed by atoms with Crippen LogP contribution in [-0.2, 0) is 16.6 Å². The van der Waals surface area contributed by atoms with E-state index >= 15 is 0 Å². The van der Waals surface area contributed by atoms with Crippen LogP contribution in [0.15, 0.2) is 58.0 Å². The lowest BCUT2D eigenvalue weighted by Gasteiger charge is -2.32. The van der Waals surface area contributed by atoms with Crippen molar-refractivity contribution in [3.63, 3.8) is 0 Å². The van der Waals surface area contributed by atoms with Gasteiger partial charge in [0.1, 0.15) is 0 Å². The van der Waals surface area contributed by atoms with Gasteiger partial charge in [-0.25, -0.2) is 17.4 Å². The molecule has 3 heterocycles. The zero-order valence-electron chi connectivity index (χ0n) is 17.0. The summed E-state index contributed by atoms with van der Waals surface area (Å²) in [6.07, 6.45) is 1.62. The Hall–Kier alpha value is -1.78. The summed E-state index contributed by atoms with van der Waals surface area (Å²) in [5.41, 5.74) is 1.11. The first-order valence-corrected chi connectivity index (χ1v) is 12.3. The number of pyridine rings is 1. The van der Waals surface area contributed by atoms with Crippen molar-refractivity contribution >= 4 is 37.0 Å². The largest absolute Gasteiger partial charge is 0.310 e. The number of nitrogens with zero attached hydrogens (tertiary/aromatic N) is 4. The molecule has 1 fully saturated rings. The Kier molecular flexibility index (Phi) is 6.54. The standard InChI is InChI=1S/C21H26BrN5O2S/c1-25-11-13-26(14-12-25)10-9-23-16-17-15-19-20(22)7-8-24-21(19)27(17)30(28,29)18-5-3-2-4-6-18/h2-8,15,23H,9-14,16H2,1H3. The van der Waals surface area contributed by atoms with Crippen molar-refractivity contribution in [2.75, 3.05) is 46.3 Å². The van der Waals surface area contributed by atoms with Gasteiger partial charge in [-0.05, 0) is 47.2 Å². The summed E-state index contributed by atoms with van der Waals surface area (Å²) in [6.45, 7) is 6.50. The summed E-state index contributed by atoms with van der Waals surface area (Å²) in [6, 6.07) is 12.2. The molecule has 1 saturated heterocycles. The number of nitrogens with one attached hydrogen (secondary N) is 1. The van der Waals surface area contributed by atoms with Crippen molar-refractivity contribution in [2.24, 2.45) is 0 Å². The van der Waals surface area contributed by atoms with Crippen LogP contribution in [-0.4, -0.2) is 73.5 Å². The van der Waals surface area contributed by atoms with Crippen LogP contribution < -0.4 is 5.32 Å². The SMILES string of the molecule is CN1CCN(CCNCc2cc3c(Br)ccnc3n2S(=O)(=O)c2ccccc2)CC1. The third-order valence-corrected chi connectivity index (χ3v) is 7.92. The van der Waals surface area contributed by atoms with E-state index in [-0.39, 0.29) is 4.90 Å². The van der Waals surface area contributed by atoms with E-state index in [0.717, 1.165) is 49.1 Å². The predicted molar refractivity (Wildman–Crippen MR) is 122 cm³/mol. The highest BCUT2D eigenvalue weighted by atomic mass is 79.9. The summed E-state index contributed by atoms with van der Waals surface area (Å²) in [5.74, 6) is 0. The lowest BCUT2D eigenvalue weighted by atomic mass is 10.3. The monoisotopic (exact) mass is 491 g/mol. The normalized spacial score (nSPS) is 16.3. The van der Waals surface area contributed by atoms with Crippen LogP contribution in [0.1, 0.15) is 5.69 Å². The summed E-state index contributed by atoms with van der Waals surface area (Å²) in [7, 11) is -1.61. The van der Waals surface area contributed by atoms with Crippen molar-refractivity contribution in [3.8, 4) is 0 Å². The van der Waals surface area contributed by atoms with E-state index in [1.807, 2.05) is 18.2 Å². The molecule has 0 bridgehead atoms. The molecule has 7 nitrogen and oxygen atoms in total. The third-order valence-electron chi connectivity index (χ3n) is 5.47. The van der Waals surface area contributed by atoms with Gasteiger partial charge in [0, 0.05) is 61.9 Å². The maximum atomic E-state index is 13.4. The van der Waals surface area contributed by atoms with E-state index in [2.05, 4.69) is 43.1 Å². The van der Waals surface area contributed by atoms with Gasteiger partial charge in [-0.15, -0.1) is 0 Å². The highest BCUT2D eigenvalue weighted by Gasteiger charge is 2.24. The number of likely N-dealkylation sites (N-methyl/N-ethyl adjacent to an activating group) is 1. The van der Waals surface area contributed by atoms with Gasteiger partial charge in [-0.1, -0.05) is 18.2 Å². The van der Waals surface area contributed by atoms with Crippen LogP contribution in [0.3, 0.4) is 0 Å². The summed E-state index contributed by atoms with van der Waals surface area (Å²) >= 11 is 3.53. The average molecular weight is 492 g/mol. The molecule has 0 saturated carbocycles. The van der Waals surface area contributed by atoms with E-state index < -0.39 is 10.0 Å². The molecule has 0 atom stereocenters. The molecule has 4 rings (SSSR count). The van der Waals surface area contributed by atoms with Gasteiger partial charge in [-0.2, -0.15) is 0 Å². The first kappa shape index (κ1) is 21.5.